The number of rotatable bonds is 1. The van der Waals surface area contributed by atoms with Crippen molar-refractivity contribution >= 4 is 33.5 Å². The molecule has 3 aromatic heterocycles. The van der Waals surface area contributed by atoms with Gasteiger partial charge in [0.15, 0.2) is 0 Å². The average molecular weight is 375 g/mol. The number of hydrogen-bond acceptors (Lipinski definition) is 2. The molecule has 0 saturated heterocycles. The standard InChI is InChI=1S/C26H21N3/c1-16-8-7-9-17(2)24(16)22-15-29-23-14-18-10-3-6-13-21(18)27-25(23)19-11-4-5-12-20(19)26(29)28-22/h3-5,7-12,14-15H,6,13H2,1-2H3. The maximum atomic E-state index is 5.11. The molecule has 0 bridgehead atoms. The smallest absolute Gasteiger partial charge is 0.145 e. The minimum Gasteiger partial charge on any atom is -0.297 e. The third kappa shape index (κ3) is 2.37. The van der Waals surface area contributed by atoms with Gasteiger partial charge in [-0.05, 0) is 49.4 Å². The molecule has 3 heterocycles. The van der Waals surface area contributed by atoms with Gasteiger partial charge in [-0.25, -0.2) is 9.97 Å². The van der Waals surface area contributed by atoms with Gasteiger partial charge in [0.25, 0.3) is 0 Å². The molecule has 29 heavy (non-hydrogen) atoms. The summed E-state index contributed by atoms with van der Waals surface area (Å²) < 4.78 is 2.23. The van der Waals surface area contributed by atoms with Crippen molar-refractivity contribution in [3.8, 4) is 11.3 Å². The second kappa shape index (κ2) is 6.02. The van der Waals surface area contributed by atoms with Crippen molar-refractivity contribution in [3.05, 3.63) is 83.2 Å². The first-order valence-electron chi connectivity index (χ1n) is 10.2. The molecule has 3 nitrogen and oxygen atoms in total. The molecule has 6 rings (SSSR count). The van der Waals surface area contributed by atoms with Crippen LogP contribution in [0.2, 0.25) is 0 Å². The molecule has 5 aromatic rings. The van der Waals surface area contributed by atoms with E-state index < -0.39 is 0 Å². The third-order valence-electron chi connectivity index (χ3n) is 6.09. The number of hydrogen-bond donors (Lipinski definition) is 0. The minimum atomic E-state index is 0.993. The van der Waals surface area contributed by atoms with Gasteiger partial charge < -0.3 is 0 Å². The SMILES string of the molecule is Cc1cccc(C)c1-c1cn2c3cc4c(nc3c3ccccc3c2n1)CCC=C4. The highest BCUT2D eigenvalue weighted by Crippen LogP contribution is 2.34. The van der Waals surface area contributed by atoms with Gasteiger partial charge in [0.2, 0.25) is 0 Å². The second-order valence-corrected chi connectivity index (χ2v) is 7.97. The first-order valence-corrected chi connectivity index (χ1v) is 10.2. The van der Waals surface area contributed by atoms with E-state index in [2.05, 4.69) is 85.1 Å². The lowest BCUT2D eigenvalue weighted by Crippen LogP contribution is -2.01. The zero-order chi connectivity index (χ0) is 19.5. The summed E-state index contributed by atoms with van der Waals surface area (Å²) >= 11 is 0. The van der Waals surface area contributed by atoms with E-state index in [1.807, 2.05) is 0 Å². The summed E-state index contributed by atoms with van der Waals surface area (Å²) in [5.74, 6) is 0. The quantitative estimate of drug-likeness (QED) is 0.323. The van der Waals surface area contributed by atoms with Crippen LogP contribution >= 0.6 is 0 Å². The van der Waals surface area contributed by atoms with Crippen LogP contribution in [0.15, 0.2) is 60.8 Å². The Morgan fingerprint density at radius 1 is 0.897 bits per heavy atom. The lowest BCUT2D eigenvalue weighted by molar-refractivity contribution is 0.938. The fourth-order valence-electron chi connectivity index (χ4n) is 4.69. The molecular weight excluding hydrogens is 354 g/mol. The van der Waals surface area contributed by atoms with E-state index in [0.29, 0.717) is 0 Å². The van der Waals surface area contributed by atoms with Crippen molar-refractivity contribution in [2.45, 2.75) is 26.7 Å². The van der Waals surface area contributed by atoms with Crippen molar-refractivity contribution < 1.29 is 0 Å². The summed E-state index contributed by atoms with van der Waals surface area (Å²) in [6, 6.07) is 17.2. The Kier molecular flexibility index (Phi) is 3.42. The molecular formula is C26H21N3. The van der Waals surface area contributed by atoms with Gasteiger partial charge in [-0.1, -0.05) is 54.6 Å². The zero-order valence-corrected chi connectivity index (χ0v) is 16.6. The normalized spacial score (nSPS) is 13.4. The van der Waals surface area contributed by atoms with Gasteiger partial charge in [0.1, 0.15) is 5.65 Å². The monoisotopic (exact) mass is 375 g/mol. The molecule has 0 atom stereocenters. The number of pyridine rings is 2. The summed E-state index contributed by atoms with van der Waals surface area (Å²) in [7, 11) is 0. The van der Waals surface area contributed by atoms with Gasteiger partial charge in [-0.3, -0.25) is 4.40 Å². The molecule has 0 amide bonds. The number of nitrogens with zero attached hydrogens (tertiary/aromatic N) is 3. The summed E-state index contributed by atoms with van der Waals surface area (Å²) in [6.45, 7) is 4.32. The Morgan fingerprint density at radius 2 is 1.69 bits per heavy atom. The molecule has 0 saturated carbocycles. The highest BCUT2D eigenvalue weighted by Gasteiger charge is 2.17. The summed E-state index contributed by atoms with van der Waals surface area (Å²) in [4.78, 5) is 10.2. The first kappa shape index (κ1) is 16.5. The fraction of sp³-hybridized carbons (Fsp3) is 0.154. The van der Waals surface area contributed by atoms with Crippen LogP contribution in [0.25, 0.3) is 44.8 Å². The van der Waals surface area contributed by atoms with Gasteiger partial charge >= 0.3 is 0 Å². The number of allylic oxidation sites excluding steroid dienone is 1. The Balaban J connectivity index is 1.79. The number of aromatic nitrogens is 3. The van der Waals surface area contributed by atoms with Crippen molar-refractivity contribution in [1.82, 2.24) is 14.4 Å². The topological polar surface area (TPSA) is 30.2 Å². The lowest BCUT2D eigenvalue weighted by Gasteiger charge is -2.13. The molecule has 1 aliphatic carbocycles. The van der Waals surface area contributed by atoms with E-state index >= 15 is 0 Å². The second-order valence-electron chi connectivity index (χ2n) is 7.97. The fourth-order valence-corrected chi connectivity index (χ4v) is 4.69. The molecule has 140 valence electrons. The van der Waals surface area contributed by atoms with E-state index in [0.717, 1.165) is 40.6 Å². The molecule has 0 fully saturated rings. The van der Waals surface area contributed by atoms with Gasteiger partial charge in [0, 0.05) is 28.2 Å². The van der Waals surface area contributed by atoms with Crippen LogP contribution in [0.3, 0.4) is 0 Å². The van der Waals surface area contributed by atoms with Crippen molar-refractivity contribution in [1.29, 1.82) is 0 Å². The summed E-state index contributed by atoms with van der Waals surface area (Å²) in [5, 5.41) is 2.32. The first-order chi connectivity index (χ1) is 14.2. The summed E-state index contributed by atoms with van der Waals surface area (Å²) in [5.41, 5.74) is 10.3. The average Bonchev–Trinajstić information content (AvgIpc) is 3.18. The van der Waals surface area contributed by atoms with E-state index in [9.17, 15) is 0 Å². The van der Waals surface area contributed by atoms with E-state index in [4.69, 9.17) is 9.97 Å². The predicted octanol–water partition coefficient (Wildman–Crippen LogP) is 6.28. The molecule has 3 heteroatoms. The zero-order valence-electron chi connectivity index (χ0n) is 16.6. The highest BCUT2D eigenvalue weighted by molar-refractivity contribution is 6.10. The van der Waals surface area contributed by atoms with Crippen LogP contribution in [0, 0.1) is 13.8 Å². The number of benzene rings is 2. The highest BCUT2D eigenvalue weighted by atomic mass is 15.0. The largest absolute Gasteiger partial charge is 0.297 e. The predicted molar refractivity (Wildman–Crippen MR) is 120 cm³/mol. The molecule has 0 spiro atoms. The molecule has 0 radical (unpaired) electrons. The van der Waals surface area contributed by atoms with Crippen LogP contribution in [-0.4, -0.2) is 14.4 Å². The van der Waals surface area contributed by atoms with Crippen LogP contribution in [0.4, 0.5) is 0 Å². The van der Waals surface area contributed by atoms with Crippen LogP contribution in [-0.2, 0) is 6.42 Å². The number of fused-ring (bicyclic) bond motifs is 7. The molecule has 2 aromatic carbocycles. The van der Waals surface area contributed by atoms with Crippen LogP contribution in [0.1, 0.15) is 28.8 Å². The lowest BCUT2D eigenvalue weighted by atomic mass is 10.0. The van der Waals surface area contributed by atoms with E-state index in [1.54, 1.807) is 0 Å². The molecule has 0 N–H and O–H groups in total. The Morgan fingerprint density at radius 3 is 2.52 bits per heavy atom. The maximum absolute atomic E-state index is 5.11. The number of imidazole rings is 1. The van der Waals surface area contributed by atoms with Crippen molar-refractivity contribution in [2.24, 2.45) is 0 Å². The van der Waals surface area contributed by atoms with Gasteiger partial charge in [0.05, 0.1) is 16.7 Å². The Labute approximate surface area is 169 Å². The maximum Gasteiger partial charge on any atom is 0.145 e. The molecule has 0 aliphatic heterocycles. The Hall–Kier alpha value is -3.46. The van der Waals surface area contributed by atoms with Crippen LogP contribution in [0.5, 0.6) is 0 Å². The van der Waals surface area contributed by atoms with E-state index in [-0.39, 0.29) is 0 Å². The molecule has 0 unspecified atom stereocenters. The third-order valence-corrected chi connectivity index (χ3v) is 6.09. The van der Waals surface area contributed by atoms with Gasteiger partial charge in [-0.2, -0.15) is 0 Å². The van der Waals surface area contributed by atoms with Crippen molar-refractivity contribution in [2.75, 3.05) is 0 Å². The Bertz CT molecular complexity index is 1450. The number of aryl methyl sites for hydroxylation is 3. The molecule has 1 aliphatic rings. The van der Waals surface area contributed by atoms with Gasteiger partial charge in [-0.15, -0.1) is 0 Å². The van der Waals surface area contributed by atoms with Crippen molar-refractivity contribution in [3.63, 3.8) is 0 Å². The minimum absolute atomic E-state index is 0.993. The van der Waals surface area contributed by atoms with E-state index in [1.165, 1.54) is 33.3 Å². The summed E-state index contributed by atoms with van der Waals surface area (Å²) in [6.07, 6.45) is 8.69. The van der Waals surface area contributed by atoms with Crippen LogP contribution < -0.4 is 0 Å².